The van der Waals surface area contributed by atoms with Crippen LogP contribution in [0.5, 0.6) is 0 Å². The van der Waals surface area contributed by atoms with Crippen LogP contribution in [-0.2, 0) is 46.3 Å². The second-order valence-electron chi connectivity index (χ2n) is 17.7. The lowest BCUT2D eigenvalue weighted by Crippen LogP contribution is -2.36. The molecular weight excluding hydrogens is 948 g/mol. The molecule has 19 nitrogen and oxygen atoms in total. The van der Waals surface area contributed by atoms with Gasteiger partial charge in [-0.2, -0.15) is 9.29 Å². The summed E-state index contributed by atoms with van der Waals surface area (Å²) in [5, 5.41) is 30.5. The van der Waals surface area contributed by atoms with Crippen molar-refractivity contribution in [2.24, 2.45) is 5.92 Å². The van der Waals surface area contributed by atoms with Crippen molar-refractivity contribution < 1.29 is 71.4 Å². The van der Waals surface area contributed by atoms with Gasteiger partial charge in [0.25, 0.3) is 0 Å². The van der Waals surface area contributed by atoms with E-state index >= 15 is 0 Å². The fourth-order valence-corrected chi connectivity index (χ4v) is 9.25. The van der Waals surface area contributed by atoms with Crippen LogP contribution in [0, 0.1) is 5.92 Å². The number of carbonyl (C=O) groups is 2. The molecule has 1 fully saturated rings. The maximum Gasteiger partial charge on any atom is 0.481 e. The number of esters is 2. The van der Waals surface area contributed by atoms with Crippen LogP contribution < -0.4 is 11.4 Å². The number of hydrogen-bond donors (Lipinski definition) is 6. The summed E-state index contributed by atoms with van der Waals surface area (Å²) in [6, 6.07) is 1.24. The molecular formula is C49H83N3O16P2. The number of phosphoric acid groups is 2. The van der Waals surface area contributed by atoms with E-state index in [1.807, 2.05) is 25.2 Å². The Kier molecular flexibility index (Phi) is 32.8. The van der Waals surface area contributed by atoms with Crippen molar-refractivity contribution in [1.82, 2.24) is 9.55 Å². The monoisotopic (exact) mass is 1030 g/mol. The Morgan fingerprint density at radius 2 is 1.31 bits per heavy atom. The van der Waals surface area contributed by atoms with E-state index in [0.717, 1.165) is 74.5 Å². The maximum atomic E-state index is 12.8. The van der Waals surface area contributed by atoms with Crippen LogP contribution in [-0.4, -0.2) is 96.9 Å². The SMILES string of the molecule is CCC(C)CCCCCCCCCCCCC(=O)OC[C@H](COP(=O)(O)OP(=O)(O)OC[C@H]1O[C@@H](n2ccc(N)nc2=O)[C@H](O)[C@@H]1O)OC(=O)CCC/C=C\C/C=C\C/C=C\C/C=C\CC[C@H](O)CC. The van der Waals surface area contributed by atoms with Crippen molar-refractivity contribution in [1.29, 1.82) is 0 Å². The first-order chi connectivity index (χ1) is 33.5. The second-order valence-corrected chi connectivity index (χ2v) is 20.7. The normalized spacial score (nSPS) is 20.6. The first kappa shape index (κ1) is 62.8. The van der Waals surface area contributed by atoms with Crippen LogP contribution in [0.1, 0.15) is 168 Å². The Bertz CT molecular complexity index is 1890. The van der Waals surface area contributed by atoms with Crippen molar-refractivity contribution in [2.45, 2.75) is 199 Å². The van der Waals surface area contributed by atoms with Gasteiger partial charge in [0.2, 0.25) is 0 Å². The first-order valence-electron chi connectivity index (χ1n) is 25.1. The molecule has 7 N–H and O–H groups in total. The molecule has 1 aromatic heterocycles. The van der Waals surface area contributed by atoms with Gasteiger partial charge in [0.15, 0.2) is 12.3 Å². The topological polar surface area (TPSA) is 286 Å². The average Bonchev–Trinajstić information content (AvgIpc) is 3.59. The van der Waals surface area contributed by atoms with Crippen molar-refractivity contribution in [3.8, 4) is 0 Å². The molecule has 0 spiro atoms. The molecule has 1 saturated heterocycles. The van der Waals surface area contributed by atoms with Gasteiger partial charge in [-0.1, -0.05) is 140 Å². The van der Waals surface area contributed by atoms with Gasteiger partial charge in [-0.05, 0) is 69.8 Å². The zero-order valence-corrected chi connectivity index (χ0v) is 43.4. The number of unbranched alkanes of at least 4 members (excludes halogenated alkanes) is 10. The lowest BCUT2D eigenvalue weighted by molar-refractivity contribution is -0.161. The van der Waals surface area contributed by atoms with E-state index in [0.29, 0.717) is 25.7 Å². The summed E-state index contributed by atoms with van der Waals surface area (Å²) >= 11 is 0. The van der Waals surface area contributed by atoms with Gasteiger partial charge >= 0.3 is 33.3 Å². The molecule has 0 saturated carbocycles. The largest absolute Gasteiger partial charge is 0.481 e. The van der Waals surface area contributed by atoms with Gasteiger partial charge in [-0.15, -0.1) is 0 Å². The van der Waals surface area contributed by atoms with Crippen molar-refractivity contribution in [3.05, 3.63) is 71.4 Å². The highest BCUT2D eigenvalue weighted by Crippen LogP contribution is 2.60. The van der Waals surface area contributed by atoms with Crippen LogP contribution in [0.2, 0.25) is 0 Å². The average molecular weight is 1030 g/mol. The molecule has 0 amide bonds. The third-order valence-electron chi connectivity index (χ3n) is 11.6. The molecule has 400 valence electrons. The lowest BCUT2D eigenvalue weighted by Gasteiger charge is -2.21. The second kappa shape index (κ2) is 36.6. The van der Waals surface area contributed by atoms with Crippen molar-refractivity contribution >= 4 is 33.4 Å². The summed E-state index contributed by atoms with van der Waals surface area (Å²) in [6.07, 6.45) is 28.6. The molecule has 9 atom stereocenters. The molecule has 1 aliphatic rings. The highest BCUT2D eigenvalue weighted by Gasteiger charge is 2.46. The molecule has 1 aliphatic heterocycles. The van der Waals surface area contributed by atoms with Crippen LogP contribution in [0.25, 0.3) is 0 Å². The Balaban J connectivity index is 1.84. The van der Waals surface area contributed by atoms with Gasteiger partial charge in [-0.25, -0.2) is 13.9 Å². The molecule has 0 bridgehead atoms. The minimum atomic E-state index is -5.44. The molecule has 0 aromatic carbocycles. The number of anilines is 1. The Hall–Kier alpha value is -3.32. The summed E-state index contributed by atoms with van der Waals surface area (Å²) in [7, 11) is -10.9. The number of phosphoric ester groups is 2. The number of aromatic nitrogens is 2. The number of nitrogen functional groups attached to an aromatic ring is 1. The van der Waals surface area contributed by atoms with E-state index in [1.54, 1.807) is 0 Å². The van der Waals surface area contributed by atoms with Gasteiger partial charge in [0.05, 0.1) is 19.3 Å². The van der Waals surface area contributed by atoms with E-state index in [2.05, 4.69) is 53.5 Å². The fourth-order valence-electron chi connectivity index (χ4n) is 7.14. The molecule has 3 unspecified atom stereocenters. The van der Waals surface area contributed by atoms with Crippen LogP contribution in [0.3, 0.4) is 0 Å². The summed E-state index contributed by atoms with van der Waals surface area (Å²) in [4.78, 5) is 61.8. The quantitative estimate of drug-likeness (QED) is 0.0155. The third kappa shape index (κ3) is 29.3. The Labute approximate surface area is 414 Å². The number of ether oxygens (including phenoxy) is 3. The minimum Gasteiger partial charge on any atom is -0.462 e. The minimum absolute atomic E-state index is 0.0393. The van der Waals surface area contributed by atoms with E-state index < -0.39 is 83.7 Å². The van der Waals surface area contributed by atoms with Crippen molar-refractivity contribution in [2.75, 3.05) is 25.6 Å². The van der Waals surface area contributed by atoms with E-state index in [4.69, 9.17) is 29.0 Å². The van der Waals surface area contributed by atoms with E-state index in [9.17, 15) is 48.6 Å². The number of carbonyl (C=O) groups excluding carboxylic acids is 2. The Morgan fingerprint density at radius 1 is 0.757 bits per heavy atom. The zero-order chi connectivity index (χ0) is 51.6. The number of nitrogens with zero attached hydrogens (tertiary/aromatic N) is 2. The van der Waals surface area contributed by atoms with Gasteiger partial charge in [0, 0.05) is 19.0 Å². The number of nitrogens with two attached hydrogens (primary N) is 1. The van der Waals surface area contributed by atoms with Gasteiger partial charge in [-0.3, -0.25) is 23.2 Å². The summed E-state index contributed by atoms with van der Waals surface area (Å²) in [5.41, 5.74) is 4.58. The number of aliphatic hydroxyl groups excluding tert-OH is 3. The van der Waals surface area contributed by atoms with Crippen LogP contribution in [0.4, 0.5) is 5.82 Å². The molecule has 70 heavy (non-hydrogen) atoms. The fraction of sp³-hybridized carbons (Fsp3) is 0.714. The highest BCUT2D eigenvalue weighted by atomic mass is 31.3. The molecule has 0 aliphatic carbocycles. The zero-order valence-electron chi connectivity index (χ0n) is 41.6. The molecule has 0 radical (unpaired) electrons. The standard InChI is InChI=1S/C49H83N3O16P2/c1-4-39(3)30-26-22-18-14-12-13-16-20-24-28-32-44(54)63-36-41(66-45(55)33-29-25-21-17-11-9-7-6-8-10-15-19-23-27-31-40(53)5-2)37-64-69(59,60)68-70(61,62)65-38-42-46(56)47(57)48(67-42)52-35-34-43(50)51-49(52)58/h7-10,17,19,21,23,34-35,39-42,46-48,53,56-57H,4-6,11-16,18,20,22,24-33,36-38H2,1-3H3,(H,59,60)(H,61,62)(H2,50,51,58)/b9-7-,10-8-,21-17-,23-19-/t39?,40-,41-,42-,46-,47-,48-/m1/s1. The molecule has 2 heterocycles. The molecule has 2 rings (SSSR count). The smallest absolute Gasteiger partial charge is 0.462 e. The first-order valence-corrected chi connectivity index (χ1v) is 28.1. The van der Waals surface area contributed by atoms with Gasteiger partial charge < -0.3 is 45.1 Å². The lowest BCUT2D eigenvalue weighted by atomic mass is 9.99. The highest BCUT2D eigenvalue weighted by molar-refractivity contribution is 7.61. The summed E-state index contributed by atoms with van der Waals surface area (Å²) in [6.45, 7) is 4.13. The van der Waals surface area contributed by atoms with E-state index in [1.165, 1.54) is 51.0 Å². The van der Waals surface area contributed by atoms with Crippen LogP contribution >= 0.6 is 15.6 Å². The summed E-state index contributed by atoms with van der Waals surface area (Å²) in [5.74, 6) is -0.587. The number of allylic oxidation sites excluding steroid dienone is 8. The van der Waals surface area contributed by atoms with Crippen LogP contribution in [0.15, 0.2) is 65.7 Å². The van der Waals surface area contributed by atoms with Crippen molar-refractivity contribution in [3.63, 3.8) is 0 Å². The van der Waals surface area contributed by atoms with Gasteiger partial charge in [0.1, 0.15) is 30.7 Å². The predicted molar refractivity (Wildman–Crippen MR) is 267 cm³/mol. The third-order valence-corrected chi connectivity index (χ3v) is 14.2. The predicted octanol–water partition coefficient (Wildman–Crippen LogP) is 8.99. The maximum absolute atomic E-state index is 12.8. The Morgan fingerprint density at radius 3 is 1.91 bits per heavy atom. The van der Waals surface area contributed by atoms with E-state index in [-0.39, 0.29) is 24.8 Å². The number of aliphatic hydroxyl groups is 3. The number of rotatable bonds is 40. The number of hydrogen-bond acceptors (Lipinski definition) is 16. The molecule has 1 aromatic rings. The molecule has 21 heteroatoms. The summed E-state index contributed by atoms with van der Waals surface area (Å²) < 4.78 is 56.7.